The topological polar surface area (TPSA) is 66.8 Å². The van der Waals surface area contributed by atoms with Crippen molar-refractivity contribution in [2.24, 2.45) is 10.9 Å². The van der Waals surface area contributed by atoms with E-state index in [9.17, 15) is 13.2 Å². The van der Waals surface area contributed by atoms with Gasteiger partial charge in [-0.05, 0) is 31.4 Å². The van der Waals surface area contributed by atoms with Gasteiger partial charge in [0.2, 0.25) is 0 Å². The van der Waals surface area contributed by atoms with Crippen molar-refractivity contribution in [3.05, 3.63) is 29.8 Å². The van der Waals surface area contributed by atoms with Crippen LogP contribution in [0.2, 0.25) is 0 Å². The second-order valence-electron chi connectivity index (χ2n) is 6.70. The number of rotatable bonds is 4. The lowest BCUT2D eigenvalue weighted by molar-refractivity contribution is -0.121. The van der Waals surface area contributed by atoms with Crippen molar-refractivity contribution >= 4 is 38.4 Å². The zero-order valence-electron chi connectivity index (χ0n) is 14.8. The van der Waals surface area contributed by atoms with Crippen molar-refractivity contribution in [3.63, 3.8) is 0 Å². The molecule has 2 atom stereocenters. The van der Waals surface area contributed by atoms with E-state index in [4.69, 9.17) is 0 Å². The van der Waals surface area contributed by atoms with Crippen LogP contribution in [0.5, 0.6) is 0 Å². The summed E-state index contributed by atoms with van der Waals surface area (Å²) in [6.07, 6.45) is 1.53. The smallest absolute Gasteiger partial charge is 0.251 e. The first kappa shape index (κ1) is 18.5. The molecule has 0 N–H and O–H groups in total. The van der Waals surface area contributed by atoms with Crippen LogP contribution in [0.1, 0.15) is 32.3 Å². The van der Waals surface area contributed by atoms with E-state index >= 15 is 0 Å². The quantitative estimate of drug-likeness (QED) is 0.803. The number of thioether (sulfide) groups is 1. The summed E-state index contributed by atoms with van der Waals surface area (Å²) in [6, 6.07) is 7.71. The van der Waals surface area contributed by atoms with Gasteiger partial charge in [-0.2, -0.15) is 4.99 Å². The number of carbonyl (C=O) groups is 1. The lowest BCUT2D eigenvalue weighted by atomic mass is 10.0. The van der Waals surface area contributed by atoms with Crippen molar-refractivity contribution in [2.75, 3.05) is 16.4 Å². The molecule has 0 aliphatic carbocycles. The fourth-order valence-corrected chi connectivity index (χ4v) is 7.42. The Morgan fingerprint density at radius 2 is 1.96 bits per heavy atom. The summed E-state index contributed by atoms with van der Waals surface area (Å²) in [5.74, 6) is 0.102. The maximum atomic E-state index is 12.5. The number of aryl methyl sites for hydroxylation is 1. The number of benzene rings is 1. The van der Waals surface area contributed by atoms with Crippen LogP contribution in [-0.2, 0) is 14.6 Å². The maximum absolute atomic E-state index is 12.5. The minimum atomic E-state index is -3.04. The number of hydrogen-bond donors (Lipinski definition) is 0. The van der Waals surface area contributed by atoms with Gasteiger partial charge in [-0.1, -0.05) is 43.8 Å². The normalized spacial score (nSPS) is 26.4. The summed E-state index contributed by atoms with van der Waals surface area (Å²) in [5.41, 5.74) is 1.99. The molecule has 0 aromatic heterocycles. The molecule has 3 rings (SSSR count). The molecule has 2 fully saturated rings. The third kappa shape index (κ3) is 3.62. The molecule has 7 heteroatoms. The van der Waals surface area contributed by atoms with Gasteiger partial charge in [-0.15, -0.1) is 0 Å². The zero-order valence-corrected chi connectivity index (χ0v) is 16.4. The number of amides is 1. The van der Waals surface area contributed by atoms with Crippen LogP contribution in [0.3, 0.4) is 0 Å². The number of carbonyl (C=O) groups excluding carboxylic acids is 1. The second kappa shape index (κ2) is 7.11. The minimum absolute atomic E-state index is 0.0575. The zero-order chi connectivity index (χ0) is 18.2. The molecule has 2 saturated heterocycles. The highest BCUT2D eigenvalue weighted by molar-refractivity contribution is 8.16. The minimum Gasteiger partial charge on any atom is -0.315 e. The van der Waals surface area contributed by atoms with E-state index in [0.29, 0.717) is 5.17 Å². The molecule has 0 radical (unpaired) electrons. The number of aliphatic imine (C=N–C) groups is 1. The largest absolute Gasteiger partial charge is 0.315 e. The van der Waals surface area contributed by atoms with Crippen LogP contribution in [0.4, 0.5) is 5.69 Å². The van der Waals surface area contributed by atoms with E-state index in [1.165, 1.54) is 11.8 Å². The van der Waals surface area contributed by atoms with Gasteiger partial charge in [0.25, 0.3) is 5.91 Å². The molecule has 1 aromatic carbocycles. The van der Waals surface area contributed by atoms with Crippen LogP contribution >= 0.6 is 11.8 Å². The lowest BCUT2D eigenvalue weighted by Gasteiger charge is -2.26. The van der Waals surface area contributed by atoms with Crippen molar-refractivity contribution in [3.8, 4) is 0 Å². The van der Waals surface area contributed by atoms with Crippen LogP contribution < -0.4 is 4.90 Å². The molecule has 1 amide bonds. The van der Waals surface area contributed by atoms with E-state index in [0.717, 1.165) is 24.1 Å². The van der Waals surface area contributed by atoms with Crippen molar-refractivity contribution in [1.29, 1.82) is 0 Å². The summed E-state index contributed by atoms with van der Waals surface area (Å²) >= 11 is 1.44. The standard InChI is InChI=1S/C18H24N2O3S2/c1-4-13(5-2)17(21)19-18-20(14-9-7-6-8-12(14)3)15-10-25(22,23)11-16(15)24-18/h6-9,13,15-16H,4-5,10-11H2,1-3H3. The van der Waals surface area contributed by atoms with Crippen molar-refractivity contribution in [1.82, 2.24) is 0 Å². The molecule has 136 valence electrons. The number of para-hydroxylation sites is 1. The van der Waals surface area contributed by atoms with Crippen molar-refractivity contribution in [2.45, 2.75) is 44.9 Å². The van der Waals surface area contributed by atoms with E-state index in [-0.39, 0.29) is 34.6 Å². The molecule has 1 aromatic rings. The van der Waals surface area contributed by atoms with Gasteiger partial charge in [-0.3, -0.25) is 4.79 Å². The first-order chi connectivity index (χ1) is 11.9. The first-order valence-corrected chi connectivity index (χ1v) is 11.4. The third-order valence-corrected chi connectivity index (χ3v) is 8.19. The lowest BCUT2D eigenvalue weighted by Crippen LogP contribution is -2.38. The number of hydrogen-bond acceptors (Lipinski definition) is 4. The summed E-state index contributed by atoms with van der Waals surface area (Å²) in [5, 5.41) is 0.592. The highest BCUT2D eigenvalue weighted by atomic mass is 32.2. The maximum Gasteiger partial charge on any atom is 0.251 e. The van der Waals surface area contributed by atoms with Crippen LogP contribution in [0.25, 0.3) is 0 Å². The van der Waals surface area contributed by atoms with E-state index in [2.05, 4.69) is 4.99 Å². The fraction of sp³-hybridized carbons (Fsp3) is 0.556. The summed E-state index contributed by atoms with van der Waals surface area (Å²) < 4.78 is 24.2. The molecule has 2 unspecified atom stereocenters. The number of fused-ring (bicyclic) bond motifs is 1. The Balaban J connectivity index is 2.01. The molecular formula is C18H24N2O3S2. The Morgan fingerprint density at radius 3 is 2.60 bits per heavy atom. The molecule has 0 bridgehead atoms. The molecule has 25 heavy (non-hydrogen) atoms. The molecule has 5 nitrogen and oxygen atoms in total. The molecule has 0 saturated carbocycles. The molecule has 0 spiro atoms. The van der Waals surface area contributed by atoms with E-state index in [1.54, 1.807) is 0 Å². The SMILES string of the molecule is CCC(CC)C(=O)N=C1SC2CS(=O)(=O)CC2N1c1ccccc1C. The third-order valence-electron chi connectivity index (χ3n) is 4.98. The number of anilines is 1. The van der Waals surface area contributed by atoms with E-state index in [1.807, 2.05) is 49.9 Å². The fourth-order valence-electron chi connectivity index (χ4n) is 3.50. The van der Waals surface area contributed by atoms with Gasteiger partial charge >= 0.3 is 0 Å². The first-order valence-electron chi connectivity index (χ1n) is 8.70. The van der Waals surface area contributed by atoms with Gasteiger partial charge in [-0.25, -0.2) is 8.42 Å². The predicted molar refractivity (Wildman–Crippen MR) is 104 cm³/mol. The molecular weight excluding hydrogens is 356 g/mol. The average Bonchev–Trinajstić information content (AvgIpc) is 3.00. The van der Waals surface area contributed by atoms with Crippen LogP contribution in [0.15, 0.2) is 29.3 Å². The summed E-state index contributed by atoms with van der Waals surface area (Å²) in [4.78, 5) is 18.9. The van der Waals surface area contributed by atoms with Gasteiger partial charge in [0, 0.05) is 16.9 Å². The van der Waals surface area contributed by atoms with Crippen LogP contribution in [0, 0.1) is 12.8 Å². The number of sulfone groups is 1. The molecule has 2 aliphatic rings. The monoisotopic (exact) mass is 380 g/mol. The van der Waals surface area contributed by atoms with Crippen LogP contribution in [-0.4, -0.2) is 42.3 Å². The predicted octanol–water partition coefficient (Wildman–Crippen LogP) is 3.03. The van der Waals surface area contributed by atoms with Gasteiger partial charge in [0.05, 0.1) is 17.5 Å². The highest BCUT2D eigenvalue weighted by Gasteiger charge is 2.49. The van der Waals surface area contributed by atoms with Crippen molar-refractivity contribution < 1.29 is 13.2 Å². The summed E-state index contributed by atoms with van der Waals surface area (Å²) in [6.45, 7) is 5.99. The average molecular weight is 381 g/mol. The molecule has 2 aliphatic heterocycles. The Bertz CT molecular complexity index is 800. The van der Waals surface area contributed by atoms with E-state index < -0.39 is 9.84 Å². The van der Waals surface area contributed by atoms with Gasteiger partial charge in [0.1, 0.15) is 0 Å². The summed E-state index contributed by atoms with van der Waals surface area (Å²) in [7, 11) is -3.04. The number of nitrogens with zero attached hydrogens (tertiary/aromatic N) is 2. The van der Waals surface area contributed by atoms with Gasteiger partial charge in [0.15, 0.2) is 15.0 Å². The Morgan fingerprint density at radius 1 is 1.28 bits per heavy atom. The Hall–Kier alpha value is -1.34. The van der Waals surface area contributed by atoms with Gasteiger partial charge < -0.3 is 4.90 Å². The Kier molecular flexibility index (Phi) is 5.25. The Labute approximate surface area is 153 Å². The highest BCUT2D eigenvalue weighted by Crippen LogP contribution is 2.42. The molecule has 2 heterocycles. The number of amidine groups is 1. The second-order valence-corrected chi connectivity index (χ2v) is 10.1.